The van der Waals surface area contributed by atoms with Gasteiger partial charge < -0.3 is 15.5 Å². The molecule has 6 heteroatoms. The molecule has 2 N–H and O–H groups in total. The zero-order valence-electron chi connectivity index (χ0n) is 14.4. The van der Waals surface area contributed by atoms with Crippen LogP contribution >= 0.6 is 0 Å². The predicted molar refractivity (Wildman–Crippen MR) is 98.1 cm³/mol. The third-order valence-corrected chi connectivity index (χ3v) is 4.27. The van der Waals surface area contributed by atoms with E-state index in [0.29, 0.717) is 26.1 Å². The smallest absolute Gasteiger partial charge is 0.225 e. The Morgan fingerprint density at radius 3 is 2.44 bits per heavy atom. The molecule has 0 spiro atoms. The van der Waals surface area contributed by atoms with Crippen molar-refractivity contribution in [3.63, 3.8) is 0 Å². The summed E-state index contributed by atoms with van der Waals surface area (Å²) >= 11 is 0. The molecule has 0 bridgehead atoms. The van der Waals surface area contributed by atoms with Gasteiger partial charge in [-0.1, -0.05) is 30.3 Å². The highest BCUT2D eigenvalue weighted by Crippen LogP contribution is 2.14. The number of nitrogens with one attached hydrogen (secondary N) is 2. The number of amides is 1. The van der Waals surface area contributed by atoms with Crippen LogP contribution in [0, 0.1) is 0 Å². The Morgan fingerprint density at radius 2 is 1.72 bits per heavy atom. The zero-order chi connectivity index (χ0) is 17.3. The molecule has 6 nitrogen and oxygen atoms in total. The molecule has 1 amide bonds. The van der Waals surface area contributed by atoms with Gasteiger partial charge in [0.15, 0.2) is 0 Å². The maximum absolute atomic E-state index is 11.8. The Morgan fingerprint density at radius 1 is 1.00 bits per heavy atom. The highest BCUT2D eigenvalue weighted by molar-refractivity contribution is 5.76. The number of nitrogens with zero attached hydrogens (tertiary/aromatic N) is 3. The van der Waals surface area contributed by atoms with Gasteiger partial charge in [-0.2, -0.15) is 0 Å². The fourth-order valence-electron chi connectivity index (χ4n) is 2.84. The van der Waals surface area contributed by atoms with Crippen molar-refractivity contribution < 1.29 is 4.79 Å². The van der Waals surface area contributed by atoms with Crippen LogP contribution in [0.25, 0.3) is 0 Å². The maximum atomic E-state index is 11.8. The van der Waals surface area contributed by atoms with Crippen LogP contribution < -0.4 is 15.5 Å². The van der Waals surface area contributed by atoms with Crippen molar-refractivity contribution in [3.05, 3.63) is 53.9 Å². The maximum Gasteiger partial charge on any atom is 0.225 e. The molecule has 1 saturated heterocycles. The van der Waals surface area contributed by atoms with Gasteiger partial charge in [-0.05, 0) is 18.4 Å². The summed E-state index contributed by atoms with van der Waals surface area (Å²) in [5.41, 5.74) is 2.15. The molecule has 1 aromatic heterocycles. The van der Waals surface area contributed by atoms with Crippen LogP contribution in [0.4, 0.5) is 5.95 Å². The topological polar surface area (TPSA) is 70.2 Å². The van der Waals surface area contributed by atoms with Gasteiger partial charge in [0, 0.05) is 57.1 Å². The lowest BCUT2D eigenvalue weighted by molar-refractivity contribution is -0.121. The van der Waals surface area contributed by atoms with E-state index in [2.05, 4.69) is 25.5 Å². The molecule has 3 rings (SSSR count). The highest BCUT2D eigenvalue weighted by atomic mass is 16.1. The number of carbonyl (C=O) groups excluding carboxylic acids is 1. The lowest BCUT2D eigenvalue weighted by Crippen LogP contribution is -2.27. The van der Waals surface area contributed by atoms with Crippen LogP contribution in [-0.2, 0) is 17.9 Å². The Hall–Kier alpha value is -2.47. The second-order valence-corrected chi connectivity index (χ2v) is 6.27. The van der Waals surface area contributed by atoms with Gasteiger partial charge in [0.2, 0.25) is 11.9 Å². The summed E-state index contributed by atoms with van der Waals surface area (Å²) < 4.78 is 0. The molecule has 1 aromatic carbocycles. The van der Waals surface area contributed by atoms with Crippen LogP contribution in [0.3, 0.4) is 0 Å². The Kier molecular flexibility index (Phi) is 6.34. The Bertz CT molecular complexity index is 653. The average Bonchev–Trinajstić information content (AvgIpc) is 3.20. The molecule has 1 aliphatic rings. The van der Waals surface area contributed by atoms with Gasteiger partial charge in [-0.3, -0.25) is 4.79 Å². The van der Waals surface area contributed by atoms with Gasteiger partial charge in [-0.15, -0.1) is 0 Å². The molecule has 0 radical (unpaired) electrons. The molecule has 0 atom stereocenters. The van der Waals surface area contributed by atoms with Crippen LogP contribution in [-0.4, -0.2) is 35.5 Å². The molecule has 2 aromatic rings. The van der Waals surface area contributed by atoms with Crippen molar-refractivity contribution in [2.45, 2.75) is 32.4 Å². The lowest BCUT2D eigenvalue weighted by Gasteiger charge is -2.14. The normalized spacial score (nSPS) is 13.8. The van der Waals surface area contributed by atoms with Gasteiger partial charge in [-0.25, -0.2) is 9.97 Å². The quantitative estimate of drug-likeness (QED) is 0.719. The van der Waals surface area contributed by atoms with Crippen LogP contribution in [0.2, 0.25) is 0 Å². The van der Waals surface area contributed by atoms with E-state index in [1.807, 2.05) is 42.7 Å². The number of anilines is 1. The standard InChI is InChI=1S/C19H25N5O/c25-18(21-13-16-6-2-1-3-7-16)8-9-20-12-17-14-22-19(23-15-17)24-10-4-5-11-24/h1-3,6-7,14-15,20H,4-5,8-13H2,(H,21,25). The summed E-state index contributed by atoms with van der Waals surface area (Å²) in [4.78, 5) is 22.9. The summed E-state index contributed by atoms with van der Waals surface area (Å²) in [6, 6.07) is 9.92. The molecule has 1 aliphatic heterocycles. The van der Waals surface area contributed by atoms with Gasteiger partial charge in [0.25, 0.3) is 0 Å². The molecule has 0 saturated carbocycles. The van der Waals surface area contributed by atoms with E-state index in [0.717, 1.165) is 30.2 Å². The average molecular weight is 339 g/mol. The molecular formula is C19H25N5O. The molecular weight excluding hydrogens is 314 g/mol. The summed E-state index contributed by atoms with van der Waals surface area (Å²) in [5, 5.41) is 6.19. The van der Waals surface area contributed by atoms with Crippen molar-refractivity contribution in [3.8, 4) is 0 Å². The van der Waals surface area contributed by atoms with E-state index in [1.54, 1.807) is 0 Å². The summed E-state index contributed by atoms with van der Waals surface area (Å²) in [6.45, 7) is 3.98. The first-order chi connectivity index (χ1) is 12.3. The molecule has 1 fully saturated rings. The Balaban J connectivity index is 1.32. The first-order valence-electron chi connectivity index (χ1n) is 8.88. The van der Waals surface area contributed by atoms with Crippen molar-refractivity contribution in [2.75, 3.05) is 24.5 Å². The van der Waals surface area contributed by atoms with Crippen molar-refractivity contribution in [1.82, 2.24) is 20.6 Å². The molecule has 0 aliphatic carbocycles. The summed E-state index contributed by atoms with van der Waals surface area (Å²) in [6.07, 6.45) is 6.63. The molecule has 0 unspecified atom stereocenters. The van der Waals surface area contributed by atoms with E-state index in [9.17, 15) is 4.79 Å². The van der Waals surface area contributed by atoms with Gasteiger partial charge in [0.1, 0.15) is 0 Å². The minimum Gasteiger partial charge on any atom is -0.352 e. The third kappa shape index (κ3) is 5.53. The fraction of sp³-hybridized carbons (Fsp3) is 0.421. The van der Waals surface area contributed by atoms with E-state index in [4.69, 9.17) is 0 Å². The van der Waals surface area contributed by atoms with Gasteiger partial charge >= 0.3 is 0 Å². The fourth-order valence-corrected chi connectivity index (χ4v) is 2.84. The highest BCUT2D eigenvalue weighted by Gasteiger charge is 2.14. The minimum atomic E-state index is 0.0528. The zero-order valence-corrected chi connectivity index (χ0v) is 14.4. The SMILES string of the molecule is O=C(CCNCc1cnc(N2CCCC2)nc1)NCc1ccccc1. The molecule has 132 valence electrons. The number of aromatic nitrogens is 2. The minimum absolute atomic E-state index is 0.0528. The van der Waals surface area contributed by atoms with E-state index >= 15 is 0 Å². The summed E-state index contributed by atoms with van der Waals surface area (Å²) in [7, 11) is 0. The van der Waals surface area contributed by atoms with Crippen molar-refractivity contribution in [2.24, 2.45) is 0 Å². The van der Waals surface area contributed by atoms with Gasteiger partial charge in [0.05, 0.1) is 0 Å². The summed E-state index contributed by atoms with van der Waals surface area (Å²) in [5.74, 6) is 0.874. The monoisotopic (exact) mass is 339 g/mol. The number of carbonyl (C=O) groups is 1. The molecule has 2 heterocycles. The number of benzene rings is 1. The van der Waals surface area contributed by atoms with E-state index in [-0.39, 0.29) is 5.91 Å². The first-order valence-corrected chi connectivity index (χ1v) is 8.88. The predicted octanol–water partition coefficient (Wildman–Crippen LogP) is 1.87. The van der Waals surface area contributed by atoms with Crippen molar-refractivity contribution in [1.29, 1.82) is 0 Å². The number of hydrogen-bond acceptors (Lipinski definition) is 5. The molecule has 25 heavy (non-hydrogen) atoms. The van der Waals surface area contributed by atoms with E-state index in [1.165, 1.54) is 12.8 Å². The lowest BCUT2D eigenvalue weighted by atomic mass is 10.2. The Labute approximate surface area is 148 Å². The number of hydrogen-bond donors (Lipinski definition) is 2. The number of rotatable bonds is 8. The van der Waals surface area contributed by atoms with Crippen LogP contribution in [0.15, 0.2) is 42.7 Å². The first kappa shape index (κ1) is 17.4. The van der Waals surface area contributed by atoms with E-state index < -0.39 is 0 Å². The van der Waals surface area contributed by atoms with Crippen molar-refractivity contribution >= 4 is 11.9 Å². The second-order valence-electron chi connectivity index (χ2n) is 6.27. The van der Waals surface area contributed by atoms with Crippen LogP contribution in [0.1, 0.15) is 30.4 Å². The second kappa shape index (κ2) is 9.13. The largest absolute Gasteiger partial charge is 0.352 e. The third-order valence-electron chi connectivity index (χ3n) is 4.27. The van der Waals surface area contributed by atoms with Crippen LogP contribution in [0.5, 0.6) is 0 Å².